The summed E-state index contributed by atoms with van der Waals surface area (Å²) in [6, 6.07) is 17.5. The molecule has 196 valence electrons. The zero-order valence-electron chi connectivity index (χ0n) is 21.8. The Labute approximate surface area is 220 Å². The van der Waals surface area contributed by atoms with Gasteiger partial charge in [-0.05, 0) is 72.5 Å². The maximum absolute atomic E-state index is 13.7. The topological polar surface area (TPSA) is 87.4 Å². The third-order valence-electron chi connectivity index (χ3n) is 6.91. The molecular weight excluding hydrogens is 486 g/mol. The van der Waals surface area contributed by atoms with Crippen LogP contribution in [0.2, 0.25) is 0 Å². The van der Waals surface area contributed by atoms with Gasteiger partial charge in [-0.2, -0.15) is 0 Å². The standard InChI is InChI=1S/C30H29NO7/c1-18-12-29(32)38-26-15-22(8-9-23(18)26)37-17-25-24-16-28(36-4)27(35-3)14-19(24)10-11-31(25)30(33)20-6-5-7-21(13-20)34-2/h5-9,12-16,25H,10-11,17H2,1-4H3. The second-order valence-electron chi connectivity index (χ2n) is 9.12. The Bertz CT molecular complexity index is 1560. The number of ether oxygens (including phenoxy) is 4. The third-order valence-corrected chi connectivity index (χ3v) is 6.91. The maximum atomic E-state index is 13.7. The normalized spacial score (nSPS) is 14.6. The molecule has 0 fully saturated rings. The average Bonchev–Trinajstić information content (AvgIpc) is 2.94. The third kappa shape index (κ3) is 4.77. The van der Waals surface area contributed by atoms with Gasteiger partial charge in [-0.15, -0.1) is 0 Å². The van der Waals surface area contributed by atoms with E-state index in [0.29, 0.717) is 47.1 Å². The Morgan fingerprint density at radius 2 is 1.74 bits per heavy atom. The van der Waals surface area contributed by atoms with Crippen molar-refractivity contribution < 1.29 is 28.2 Å². The maximum Gasteiger partial charge on any atom is 0.336 e. The van der Waals surface area contributed by atoms with Crippen molar-refractivity contribution in [3.05, 3.63) is 93.3 Å². The van der Waals surface area contributed by atoms with E-state index in [2.05, 4.69) is 0 Å². The van der Waals surface area contributed by atoms with E-state index in [9.17, 15) is 9.59 Å². The first-order valence-electron chi connectivity index (χ1n) is 12.3. The van der Waals surface area contributed by atoms with Crippen LogP contribution in [0.15, 0.2) is 69.9 Å². The van der Waals surface area contributed by atoms with E-state index in [0.717, 1.165) is 22.1 Å². The van der Waals surface area contributed by atoms with Gasteiger partial charge in [0.25, 0.3) is 5.91 Å². The molecule has 0 bridgehead atoms. The predicted octanol–water partition coefficient (Wildman–Crippen LogP) is 4.95. The van der Waals surface area contributed by atoms with Crippen LogP contribution in [0.4, 0.5) is 0 Å². The Morgan fingerprint density at radius 3 is 2.50 bits per heavy atom. The van der Waals surface area contributed by atoms with Crippen molar-refractivity contribution in [1.29, 1.82) is 0 Å². The molecule has 0 radical (unpaired) electrons. The highest BCUT2D eigenvalue weighted by atomic mass is 16.5. The van der Waals surface area contributed by atoms with Gasteiger partial charge >= 0.3 is 5.63 Å². The number of aryl methyl sites for hydroxylation is 1. The average molecular weight is 516 g/mol. The fraction of sp³-hybridized carbons (Fsp3) is 0.267. The minimum Gasteiger partial charge on any atom is -0.497 e. The number of fused-ring (bicyclic) bond motifs is 2. The van der Waals surface area contributed by atoms with Crippen molar-refractivity contribution >= 4 is 16.9 Å². The molecule has 0 spiro atoms. The number of amides is 1. The molecule has 1 unspecified atom stereocenters. The summed E-state index contributed by atoms with van der Waals surface area (Å²) in [5, 5.41) is 0.839. The predicted molar refractivity (Wildman–Crippen MR) is 143 cm³/mol. The van der Waals surface area contributed by atoms with E-state index < -0.39 is 11.7 Å². The number of nitrogens with zero attached hydrogens (tertiary/aromatic N) is 1. The van der Waals surface area contributed by atoms with Gasteiger partial charge in [-0.25, -0.2) is 4.79 Å². The van der Waals surface area contributed by atoms with Crippen LogP contribution >= 0.6 is 0 Å². The van der Waals surface area contributed by atoms with E-state index >= 15 is 0 Å². The summed E-state index contributed by atoms with van der Waals surface area (Å²) in [7, 11) is 4.76. The molecule has 0 saturated carbocycles. The molecular formula is C30H29NO7. The monoisotopic (exact) mass is 515 g/mol. The number of carbonyl (C=O) groups excluding carboxylic acids is 1. The molecule has 0 aliphatic carbocycles. The molecule has 1 aliphatic rings. The van der Waals surface area contributed by atoms with Crippen LogP contribution in [0.1, 0.15) is 33.1 Å². The summed E-state index contributed by atoms with van der Waals surface area (Å²) >= 11 is 0. The van der Waals surface area contributed by atoms with E-state index in [4.69, 9.17) is 23.4 Å². The lowest BCUT2D eigenvalue weighted by Gasteiger charge is -2.37. The number of benzene rings is 3. The lowest BCUT2D eigenvalue weighted by Crippen LogP contribution is -2.42. The molecule has 8 heteroatoms. The fourth-order valence-corrected chi connectivity index (χ4v) is 4.94. The summed E-state index contributed by atoms with van der Waals surface area (Å²) < 4.78 is 28.0. The van der Waals surface area contributed by atoms with Crippen LogP contribution in [0.3, 0.4) is 0 Å². The van der Waals surface area contributed by atoms with Crippen LogP contribution in [-0.4, -0.2) is 45.3 Å². The molecule has 1 aliphatic heterocycles. The molecule has 0 saturated heterocycles. The molecule has 4 aromatic rings. The van der Waals surface area contributed by atoms with Crippen molar-refractivity contribution in [2.75, 3.05) is 34.5 Å². The van der Waals surface area contributed by atoms with Gasteiger partial charge < -0.3 is 28.3 Å². The summed E-state index contributed by atoms with van der Waals surface area (Å²) in [6.07, 6.45) is 0.655. The minimum atomic E-state index is -0.413. The summed E-state index contributed by atoms with van der Waals surface area (Å²) in [5.74, 6) is 2.24. The fourth-order valence-electron chi connectivity index (χ4n) is 4.94. The molecule has 3 aromatic carbocycles. The van der Waals surface area contributed by atoms with Crippen LogP contribution in [-0.2, 0) is 6.42 Å². The van der Waals surface area contributed by atoms with E-state index in [-0.39, 0.29) is 12.5 Å². The van der Waals surface area contributed by atoms with Gasteiger partial charge in [0.05, 0.1) is 27.4 Å². The van der Waals surface area contributed by atoms with Crippen molar-refractivity contribution in [2.24, 2.45) is 0 Å². The largest absolute Gasteiger partial charge is 0.497 e. The van der Waals surface area contributed by atoms with Crippen molar-refractivity contribution in [2.45, 2.75) is 19.4 Å². The summed E-state index contributed by atoms with van der Waals surface area (Å²) in [6.45, 7) is 2.54. The SMILES string of the molecule is COc1cccc(C(=O)N2CCc3cc(OC)c(OC)cc3C2COc2ccc3c(C)cc(=O)oc3c2)c1. The lowest BCUT2D eigenvalue weighted by atomic mass is 9.91. The lowest BCUT2D eigenvalue weighted by molar-refractivity contribution is 0.0589. The molecule has 5 rings (SSSR count). The van der Waals surface area contributed by atoms with Crippen molar-refractivity contribution in [3.8, 4) is 23.0 Å². The van der Waals surface area contributed by atoms with Gasteiger partial charge in [0, 0.05) is 29.6 Å². The van der Waals surface area contributed by atoms with Gasteiger partial charge in [-0.1, -0.05) is 6.07 Å². The highest BCUT2D eigenvalue weighted by Gasteiger charge is 2.33. The highest BCUT2D eigenvalue weighted by molar-refractivity contribution is 5.95. The van der Waals surface area contributed by atoms with E-state index in [1.54, 1.807) is 51.7 Å². The number of methoxy groups -OCH3 is 3. The molecule has 1 amide bonds. The van der Waals surface area contributed by atoms with Gasteiger partial charge in [0.2, 0.25) is 0 Å². The molecule has 1 aromatic heterocycles. The van der Waals surface area contributed by atoms with Gasteiger partial charge in [0.15, 0.2) is 11.5 Å². The first kappa shape index (κ1) is 25.2. The Morgan fingerprint density at radius 1 is 0.947 bits per heavy atom. The first-order chi connectivity index (χ1) is 18.4. The zero-order valence-corrected chi connectivity index (χ0v) is 21.8. The second kappa shape index (κ2) is 10.5. The van der Waals surface area contributed by atoms with Crippen LogP contribution in [0.25, 0.3) is 11.0 Å². The summed E-state index contributed by atoms with van der Waals surface area (Å²) in [5.41, 5.74) is 3.39. The number of rotatable bonds is 7. The molecule has 38 heavy (non-hydrogen) atoms. The Balaban J connectivity index is 1.52. The minimum absolute atomic E-state index is 0.127. The first-order valence-corrected chi connectivity index (χ1v) is 12.3. The second-order valence-corrected chi connectivity index (χ2v) is 9.12. The smallest absolute Gasteiger partial charge is 0.336 e. The Hall–Kier alpha value is -4.46. The van der Waals surface area contributed by atoms with E-state index in [1.165, 1.54) is 6.07 Å². The van der Waals surface area contributed by atoms with Crippen molar-refractivity contribution in [3.63, 3.8) is 0 Å². The number of carbonyl (C=O) groups is 1. The molecule has 0 N–H and O–H groups in total. The zero-order chi connectivity index (χ0) is 26.8. The molecule has 8 nitrogen and oxygen atoms in total. The van der Waals surface area contributed by atoms with Gasteiger partial charge in [0.1, 0.15) is 23.7 Å². The van der Waals surface area contributed by atoms with E-state index in [1.807, 2.05) is 36.1 Å². The van der Waals surface area contributed by atoms with Gasteiger partial charge in [-0.3, -0.25) is 4.79 Å². The van der Waals surface area contributed by atoms with Crippen LogP contribution < -0.4 is 24.6 Å². The van der Waals surface area contributed by atoms with Crippen LogP contribution in [0.5, 0.6) is 23.0 Å². The van der Waals surface area contributed by atoms with Crippen molar-refractivity contribution in [1.82, 2.24) is 4.90 Å². The Kier molecular flexibility index (Phi) is 6.96. The van der Waals surface area contributed by atoms with Crippen LogP contribution in [0, 0.1) is 6.92 Å². The molecule has 2 heterocycles. The summed E-state index contributed by atoms with van der Waals surface area (Å²) in [4.78, 5) is 27.4. The highest BCUT2D eigenvalue weighted by Crippen LogP contribution is 2.39. The number of hydrogen-bond donors (Lipinski definition) is 0. The molecule has 1 atom stereocenters. The quantitative estimate of drug-likeness (QED) is 0.322. The number of hydrogen-bond acceptors (Lipinski definition) is 7.